The lowest BCUT2D eigenvalue weighted by Crippen LogP contribution is -2.33. The van der Waals surface area contributed by atoms with Gasteiger partial charge in [0.05, 0.1) is 13.2 Å². The van der Waals surface area contributed by atoms with Crippen molar-refractivity contribution >= 4 is 11.9 Å². The first-order chi connectivity index (χ1) is 13.9. The Morgan fingerprint density at radius 2 is 1.83 bits per heavy atom. The number of rotatable bonds is 10. The number of amides is 1. The normalized spacial score (nSPS) is 11.7. The van der Waals surface area contributed by atoms with Gasteiger partial charge in [0.1, 0.15) is 0 Å². The molecule has 0 aliphatic heterocycles. The topological polar surface area (TPSA) is 84.9 Å². The van der Waals surface area contributed by atoms with Crippen molar-refractivity contribution in [2.24, 2.45) is 5.92 Å². The van der Waals surface area contributed by atoms with Gasteiger partial charge in [0.2, 0.25) is 0 Å². The Morgan fingerprint density at radius 1 is 1.10 bits per heavy atom. The van der Waals surface area contributed by atoms with Crippen LogP contribution in [0.25, 0.3) is 0 Å². The Bertz CT molecular complexity index is 804. The van der Waals surface area contributed by atoms with Gasteiger partial charge in [-0.25, -0.2) is 0 Å². The van der Waals surface area contributed by atoms with Crippen molar-refractivity contribution in [3.63, 3.8) is 0 Å². The van der Waals surface area contributed by atoms with Crippen molar-refractivity contribution in [1.82, 2.24) is 5.32 Å². The monoisotopic (exact) mass is 399 g/mol. The molecule has 2 aromatic rings. The van der Waals surface area contributed by atoms with Crippen LogP contribution in [-0.2, 0) is 20.7 Å². The zero-order valence-corrected chi connectivity index (χ0v) is 17.2. The smallest absolute Gasteiger partial charge is 0.306 e. The van der Waals surface area contributed by atoms with E-state index >= 15 is 0 Å². The van der Waals surface area contributed by atoms with Crippen LogP contribution >= 0.6 is 0 Å². The van der Waals surface area contributed by atoms with Gasteiger partial charge in [-0.3, -0.25) is 9.59 Å². The molecule has 1 atom stereocenters. The van der Waals surface area contributed by atoms with Crippen molar-refractivity contribution in [3.8, 4) is 11.5 Å². The third-order valence-electron chi connectivity index (χ3n) is 4.47. The molecule has 1 unspecified atom stereocenters. The van der Waals surface area contributed by atoms with Gasteiger partial charge in [-0.05, 0) is 42.0 Å². The zero-order valence-electron chi connectivity index (χ0n) is 17.2. The predicted octanol–water partition coefficient (Wildman–Crippen LogP) is 3.78. The van der Waals surface area contributed by atoms with Crippen LogP contribution in [0.4, 0.5) is 0 Å². The van der Waals surface area contributed by atoms with E-state index in [1.807, 2.05) is 30.3 Å². The second-order valence-electron chi connectivity index (χ2n) is 7.33. The first-order valence-corrected chi connectivity index (χ1v) is 9.74. The molecule has 0 heterocycles. The third kappa shape index (κ3) is 7.49. The summed E-state index contributed by atoms with van der Waals surface area (Å²) in [7, 11) is 1.47. The van der Waals surface area contributed by atoms with Crippen LogP contribution in [0.2, 0.25) is 0 Å². The lowest BCUT2D eigenvalue weighted by Gasteiger charge is -2.21. The van der Waals surface area contributed by atoms with Gasteiger partial charge in [0.25, 0.3) is 5.91 Å². The Kier molecular flexibility index (Phi) is 8.52. The Morgan fingerprint density at radius 3 is 2.45 bits per heavy atom. The van der Waals surface area contributed by atoms with E-state index in [4.69, 9.17) is 9.47 Å². The largest absolute Gasteiger partial charge is 0.504 e. The summed E-state index contributed by atoms with van der Waals surface area (Å²) >= 11 is 0. The molecule has 0 bridgehead atoms. The number of aryl methyl sites for hydroxylation is 1. The number of aromatic hydroxyl groups is 1. The fourth-order valence-corrected chi connectivity index (χ4v) is 3.03. The summed E-state index contributed by atoms with van der Waals surface area (Å²) in [5.74, 6) is 0.0201. The highest BCUT2D eigenvalue weighted by Gasteiger charge is 2.17. The quantitative estimate of drug-likeness (QED) is 0.594. The van der Waals surface area contributed by atoms with E-state index in [2.05, 4.69) is 19.2 Å². The molecule has 2 aromatic carbocycles. The van der Waals surface area contributed by atoms with E-state index in [0.717, 1.165) is 17.5 Å². The average Bonchev–Trinajstić information content (AvgIpc) is 2.70. The molecule has 0 spiro atoms. The van der Waals surface area contributed by atoms with Crippen LogP contribution in [0.15, 0.2) is 48.5 Å². The maximum atomic E-state index is 12.3. The molecule has 29 heavy (non-hydrogen) atoms. The number of nitrogens with one attached hydrogen (secondary N) is 1. The lowest BCUT2D eigenvalue weighted by atomic mass is 9.97. The fraction of sp³-hybridized carbons (Fsp3) is 0.391. The van der Waals surface area contributed by atoms with Gasteiger partial charge in [-0.1, -0.05) is 50.2 Å². The molecule has 2 N–H and O–H groups in total. The molecule has 0 saturated heterocycles. The van der Waals surface area contributed by atoms with Gasteiger partial charge >= 0.3 is 5.97 Å². The highest BCUT2D eigenvalue weighted by atomic mass is 16.5. The first-order valence-electron chi connectivity index (χ1n) is 9.74. The number of hydrogen-bond acceptors (Lipinski definition) is 5. The summed E-state index contributed by atoms with van der Waals surface area (Å²) in [5, 5.41) is 12.7. The molecule has 0 radical (unpaired) electrons. The maximum Gasteiger partial charge on any atom is 0.306 e. The summed E-state index contributed by atoms with van der Waals surface area (Å²) in [4.78, 5) is 24.2. The number of benzene rings is 2. The highest BCUT2D eigenvalue weighted by molar-refractivity contribution is 5.81. The average molecular weight is 399 g/mol. The van der Waals surface area contributed by atoms with Crippen LogP contribution in [0.5, 0.6) is 11.5 Å². The number of carbonyl (C=O) groups is 2. The summed E-state index contributed by atoms with van der Waals surface area (Å²) in [5.41, 5.74) is 1.81. The minimum Gasteiger partial charge on any atom is -0.504 e. The molecule has 0 aromatic heterocycles. The number of esters is 1. The van der Waals surface area contributed by atoms with Gasteiger partial charge < -0.3 is 19.9 Å². The molecular weight excluding hydrogens is 370 g/mol. The molecule has 1 amide bonds. The molecule has 6 heteroatoms. The summed E-state index contributed by atoms with van der Waals surface area (Å²) in [6.07, 6.45) is 1.32. The first kappa shape index (κ1) is 22.3. The number of ether oxygens (including phenoxy) is 2. The molecular formula is C23H29NO5. The minimum absolute atomic E-state index is 0.0230. The highest BCUT2D eigenvalue weighted by Crippen LogP contribution is 2.26. The second-order valence-corrected chi connectivity index (χ2v) is 7.33. The van der Waals surface area contributed by atoms with E-state index in [1.54, 1.807) is 18.2 Å². The van der Waals surface area contributed by atoms with Crippen LogP contribution in [0.1, 0.15) is 43.9 Å². The summed E-state index contributed by atoms with van der Waals surface area (Å²) in [6, 6.07) is 14.6. The van der Waals surface area contributed by atoms with Gasteiger partial charge in [-0.15, -0.1) is 0 Å². The fourth-order valence-electron chi connectivity index (χ4n) is 3.03. The number of phenols is 1. The van der Waals surface area contributed by atoms with Gasteiger partial charge in [0.15, 0.2) is 18.1 Å². The number of phenolic OH excluding ortho intramolecular Hbond substituents is 1. The van der Waals surface area contributed by atoms with Crippen LogP contribution in [0, 0.1) is 5.92 Å². The standard InChI is InChI=1S/C23H29NO5/c1-16(2)13-19(18-7-5-4-6-8-18)24-22(26)15-29-23(27)12-10-17-9-11-21(28-3)20(25)14-17/h4-9,11,14,16,19,25H,10,12-13,15H2,1-3H3,(H,24,26). The van der Waals surface area contributed by atoms with Crippen molar-refractivity contribution in [1.29, 1.82) is 0 Å². The van der Waals surface area contributed by atoms with Crippen LogP contribution in [-0.4, -0.2) is 30.7 Å². The van der Waals surface area contributed by atoms with E-state index < -0.39 is 5.97 Å². The molecule has 6 nitrogen and oxygen atoms in total. The maximum absolute atomic E-state index is 12.3. The third-order valence-corrected chi connectivity index (χ3v) is 4.47. The molecule has 0 saturated carbocycles. The molecule has 156 valence electrons. The van der Waals surface area contributed by atoms with Crippen molar-refractivity contribution in [3.05, 3.63) is 59.7 Å². The Labute approximate surface area is 171 Å². The Balaban J connectivity index is 1.81. The van der Waals surface area contributed by atoms with Crippen LogP contribution in [0.3, 0.4) is 0 Å². The van der Waals surface area contributed by atoms with Gasteiger partial charge in [0, 0.05) is 6.42 Å². The summed E-state index contributed by atoms with van der Waals surface area (Å²) < 4.78 is 10.1. The predicted molar refractivity (Wildman–Crippen MR) is 111 cm³/mol. The lowest BCUT2D eigenvalue weighted by molar-refractivity contribution is -0.148. The van der Waals surface area contributed by atoms with Gasteiger partial charge in [-0.2, -0.15) is 0 Å². The van der Waals surface area contributed by atoms with E-state index in [0.29, 0.717) is 18.1 Å². The minimum atomic E-state index is -0.462. The van der Waals surface area contributed by atoms with Crippen LogP contribution < -0.4 is 10.1 Å². The molecule has 0 fully saturated rings. The SMILES string of the molecule is COc1ccc(CCC(=O)OCC(=O)NC(CC(C)C)c2ccccc2)cc1O. The van der Waals surface area contributed by atoms with Crippen molar-refractivity contribution in [2.45, 2.75) is 39.2 Å². The molecule has 0 aliphatic rings. The number of hydrogen-bond donors (Lipinski definition) is 2. The van der Waals surface area contributed by atoms with E-state index in [-0.39, 0.29) is 30.7 Å². The van der Waals surface area contributed by atoms with E-state index in [1.165, 1.54) is 7.11 Å². The van der Waals surface area contributed by atoms with Crippen molar-refractivity contribution < 1.29 is 24.2 Å². The second kappa shape index (κ2) is 11.1. The number of carbonyl (C=O) groups excluding carboxylic acids is 2. The Hall–Kier alpha value is -3.02. The molecule has 0 aliphatic carbocycles. The zero-order chi connectivity index (χ0) is 21.2. The van der Waals surface area contributed by atoms with E-state index in [9.17, 15) is 14.7 Å². The summed E-state index contributed by atoms with van der Waals surface area (Å²) in [6.45, 7) is 3.88. The molecule has 2 rings (SSSR count). The number of methoxy groups -OCH3 is 1. The van der Waals surface area contributed by atoms with Crippen molar-refractivity contribution in [2.75, 3.05) is 13.7 Å².